The first kappa shape index (κ1) is 20.0. The van der Waals surface area contributed by atoms with Crippen molar-refractivity contribution in [2.45, 2.75) is 24.7 Å². The van der Waals surface area contributed by atoms with Crippen molar-refractivity contribution >= 4 is 12.1 Å². The molecule has 1 saturated carbocycles. The van der Waals surface area contributed by atoms with E-state index in [1.165, 1.54) is 4.90 Å². The van der Waals surface area contributed by atoms with E-state index in [2.05, 4.69) is 0 Å². The summed E-state index contributed by atoms with van der Waals surface area (Å²) in [5, 5.41) is 9.25. The number of fused-ring (bicyclic) bond motifs is 5. The number of hydrogen-bond acceptors (Lipinski definition) is 3. The van der Waals surface area contributed by atoms with Gasteiger partial charge in [0.05, 0.1) is 5.92 Å². The van der Waals surface area contributed by atoms with Crippen molar-refractivity contribution in [2.24, 2.45) is 17.8 Å². The number of carboxylic acid groups (broad SMARTS) is 1. The fourth-order valence-electron chi connectivity index (χ4n) is 5.47. The molecule has 2 atom stereocenters. The van der Waals surface area contributed by atoms with Crippen LogP contribution in [0.5, 0.6) is 0 Å². The lowest BCUT2D eigenvalue weighted by Crippen LogP contribution is -2.59. The Balaban J connectivity index is 1.30. The molecule has 2 aromatic carbocycles. The summed E-state index contributed by atoms with van der Waals surface area (Å²) in [6, 6.07) is 16.0. The first-order chi connectivity index (χ1) is 14.9. The van der Waals surface area contributed by atoms with Crippen molar-refractivity contribution in [1.82, 2.24) is 4.90 Å². The van der Waals surface area contributed by atoms with Gasteiger partial charge in [-0.15, -0.1) is 0 Å². The van der Waals surface area contributed by atoms with Gasteiger partial charge in [0.1, 0.15) is 6.61 Å². The van der Waals surface area contributed by atoms with Crippen LogP contribution in [0.25, 0.3) is 11.1 Å². The number of carbonyl (C=O) groups is 2. The van der Waals surface area contributed by atoms with Crippen molar-refractivity contribution in [3.05, 3.63) is 59.7 Å². The van der Waals surface area contributed by atoms with Crippen LogP contribution in [0.1, 0.15) is 29.9 Å². The standard InChI is InChI=1S/C24H23F2NO4/c25-24(26)15-9-14(22(28)29)10-16(24)12-27(11-15)23(30)31-13-21-19-7-3-1-5-17(19)18-6-2-4-8-20(18)21/h1-8,14-16,21H,9-13H2,(H,28,29). The monoisotopic (exact) mass is 427 g/mol. The lowest BCUT2D eigenvalue weighted by Gasteiger charge is -2.48. The number of halogens is 2. The van der Waals surface area contributed by atoms with E-state index in [1.807, 2.05) is 48.5 Å². The lowest BCUT2D eigenvalue weighted by molar-refractivity contribution is -0.185. The van der Waals surface area contributed by atoms with E-state index in [1.54, 1.807) is 0 Å². The zero-order valence-corrected chi connectivity index (χ0v) is 16.8. The zero-order chi connectivity index (χ0) is 21.8. The number of carbonyl (C=O) groups excluding carboxylic acids is 1. The highest BCUT2D eigenvalue weighted by Gasteiger charge is 2.57. The summed E-state index contributed by atoms with van der Waals surface area (Å²) in [5.41, 5.74) is 4.41. The average molecular weight is 427 g/mol. The van der Waals surface area contributed by atoms with Crippen LogP contribution in [0.3, 0.4) is 0 Å². The number of piperidine rings is 1. The van der Waals surface area contributed by atoms with Crippen LogP contribution in [0.2, 0.25) is 0 Å². The highest BCUT2D eigenvalue weighted by atomic mass is 19.3. The van der Waals surface area contributed by atoms with Gasteiger partial charge in [-0.05, 0) is 35.1 Å². The Kier molecular flexibility index (Phi) is 4.72. The molecule has 2 fully saturated rings. The van der Waals surface area contributed by atoms with Crippen LogP contribution in [0, 0.1) is 17.8 Å². The molecular weight excluding hydrogens is 404 g/mol. The maximum absolute atomic E-state index is 14.6. The van der Waals surface area contributed by atoms with Crippen molar-refractivity contribution in [3.8, 4) is 11.1 Å². The molecule has 1 saturated heterocycles. The number of likely N-dealkylation sites (tertiary alicyclic amines) is 1. The largest absolute Gasteiger partial charge is 0.481 e. The fourth-order valence-corrected chi connectivity index (χ4v) is 5.47. The Hall–Kier alpha value is -2.96. The number of aliphatic carboxylic acids is 1. The van der Waals surface area contributed by atoms with Gasteiger partial charge in [-0.25, -0.2) is 13.6 Å². The van der Waals surface area contributed by atoms with E-state index in [0.29, 0.717) is 0 Å². The molecule has 1 N–H and O–H groups in total. The third-order valence-corrected chi connectivity index (χ3v) is 7.05. The maximum atomic E-state index is 14.6. The van der Waals surface area contributed by atoms with Gasteiger partial charge in [-0.1, -0.05) is 48.5 Å². The third kappa shape index (κ3) is 3.27. The molecule has 5 nitrogen and oxygen atoms in total. The molecule has 1 aliphatic heterocycles. The van der Waals surface area contributed by atoms with Crippen LogP contribution in [0.15, 0.2) is 48.5 Å². The van der Waals surface area contributed by atoms with E-state index in [9.17, 15) is 23.5 Å². The van der Waals surface area contributed by atoms with Crippen molar-refractivity contribution in [1.29, 1.82) is 0 Å². The SMILES string of the molecule is O=C(O)C1CC2CN(C(=O)OCC3c4ccccc4-c4ccccc43)CC(C1)C2(F)F. The second-order valence-corrected chi connectivity index (χ2v) is 8.78. The summed E-state index contributed by atoms with van der Waals surface area (Å²) >= 11 is 0. The molecule has 162 valence electrons. The summed E-state index contributed by atoms with van der Waals surface area (Å²) in [7, 11) is 0. The van der Waals surface area contributed by atoms with Crippen molar-refractivity contribution in [2.75, 3.05) is 19.7 Å². The van der Waals surface area contributed by atoms with Crippen molar-refractivity contribution < 1.29 is 28.2 Å². The maximum Gasteiger partial charge on any atom is 0.409 e. The Morgan fingerprint density at radius 3 is 2.00 bits per heavy atom. The Labute approximate surface area is 178 Å². The predicted octanol–water partition coefficient (Wildman–Crippen LogP) is 4.61. The highest BCUT2D eigenvalue weighted by Crippen LogP contribution is 2.49. The van der Waals surface area contributed by atoms with Crippen LogP contribution in [-0.2, 0) is 9.53 Å². The van der Waals surface area contributed by atoms with Crippen LogP contribution < -0.4 is 0 Å². The topological polar surface area (TPSA) is 66.8 Å². The molecule has 7 heteroatoms. The minimum Gasteiger partial charge on any atom is -0.481 e. The van der Waals surface area contributed by atoms with Crippen LogP contribution in [-0.4, -0.2) is 47.7 Å². The van der Waals surface area contributed by atoms with Gasteiger partial charge in [0.25, 0.3) is 5.92 Å². The van der Waals surface area contributed by atoms with E-state index >= 15 is 0 Å². The Morgan fingerprint density at radius 2 is 1.48 bits per heavy atom. The Morgan fingerprint density at radius 1 is 0.968 bits per heavy atom. The predicted molar refractivity (Wildman–Crippen MR) is 109 cm³/mol. The lowest BCUT2D eigenvalue weighted by atomic mass is 9.69. The molecular formula is C24H23F2NO4. The summed E-state index contributed by atoms with van der Waals surface area (Å²) < 4.78 is 34.8. The number of benzene rings is 2. The first-order valence-corrected chi connectivity index (χ1v) is 10.6. The zero-order valence-electron chi connectivity index (χ0n) is 16.8. The molecule has 31 heavy (non-hydrogen) atoms. The van der Waals surface area contributed by atoms with Gasteiger partial charge in [0.2, 0.25) is 0 Å². The molecule has 5 rings (SSSR count). The number of hydrogen-bond donors (Lipinski definition) is 1. The third-order valence-electron chi connectivity index (χ3n) is 7.05. The smallest absolute Gasteiger partial charge is 0.409 e. The van der Waals surface area contributed by atoms with Gasteiger partial charge in [-0.2, -0.15) is 0 Å². The van der Waals surface area contributed by atoms with Gasteiger partial charge >= 0.3 is 12.1 Å². The van der Waals surface area contributed by atoms with Crippen molar-refractivity contribution in [3.63, 3.8) is 0 Å². The molecule has 0 aromatic heterocycles. The highest BCUT2D eigenvalue weighted by molar-refractivity contribution is 5.79. The first-order valence-electron chi connectivity index (χ1n) is 10.6. The van der Waals surface area contributed by atoms with E-state index in [-0.39, 0.29) is 38.5 Å². The fraction of sp³-hybridized carbons (Fsp3) is 0.417. The van der Waals surface area contributed by atoms with Crippen LogP contribution >= 0.6 is 0 Å². The number of ether oxygens (including phenoxy) is 1. The molecule has 2 aliphatic carbocycles. The molecule has 0 radical (unpaired) electrons. The number of amides is 1. The minimum atomic E-state index is -2.95. The number of carboxylic acids is 1. The Bertz CT molecular complexity index is 976. The van der Waals surface area contributed by atoms with Gasteiger partial charge in [-0.3, -0.25) is 4.79 Å². The molecule has 1 amide bonds. The summed E-state index contributed by atoms with van der Waals surface area (Å²) in [6.07, 6.45) is -0.848. The second-order valence-electron chi connectivity index (χ2n) is 8.78. The quantitative estimate of drug-likeness (QED) is 0.777. The van der Waals surface area contributed by atoms with Gasteiger partial charge in [0.15, 0.2) is 0 Å². The number of rotatable bonds is 3. The number of nitrogens with zero attached hydrogens (tertiary/aromatic N) is 1. The molecule has 1 heterocycles. The molecule has 2 bridgehead atoms. The number of alkyl halides is 2. The van der Waals surface area contributed by atoms with E-state index in [0.717, 1.165) is 22.3 Å². The van der Waals surface area contributed by atoms with Gasteiger partial charge < -0.3 is 14.7 Å². The summed E-state index contributed by atoms with van der Waals surface area (Å²) in [4.78, 5) is 25.4. The molecule has 3 aliphatic rings. The summed E-state index contributed by atoms with van der Waals surface area (Å²) in [6.45, 7) is -0.221. The van der Waals surface area contributed by atoms with E-state index in [4.69, 9.17) is 4.74 Å². The minimum absolute atomic E-state index is 0.0986. The molecule has 0 spiro atoms. The second kappa shape index (κ2) is 7.32. The average Bonchev–Trinajstić information content (AvgIpc) is 3.05. The molecule has 2 aromatic rings. The van der Waals surface area contributed by atoms with E-state index < -0.39 is 35.7 Å². The summed E-state index contributed by atoms with van der Waals surface area (Å²) in [5.74, 6) is -7.17. The van der Waals surface area contributed by atoms with Crippen LogP contribution in [0.4, 0.5) is 13.6 Å². The van der Waals surface area contributed by atoms with Gasteiger partial charge in [0, 0.05) is 30.8 Å². The normalized spacial score (nSPS) is 26.1. The molecule has 2 unspecified atom stereocenters.